The number of rotatable bonds is 2. The van der Waals surface area contributed by atoms with Gasteiger partial charge in [-0.05, 0) is 31.4 Å². The molecule has 1 aromatic rings. The van der Waals surface area contributed by atoms with Crippen molar-refractivity contribution in [3.63, 3.8) is 0 Å². The van der Waals surface area contributed by atoms with Gasteiger partial charge >= 0.3 is 0 Å². The normalized spacial score (nSPS) is 25.6. The molecule has 0 radical (unpaired) electrons. The Balaban J connectivity index is 2.01. The van der Waals surface area contributed by atoms with Crippen LogP contribution < -0.4 is 5.32 Å². The number of nitriles is 1. The van der Waals surface area contributed by atoms with Crippen molar-refractivity contribution in [3.05, 3.63) is 18.3 Å². The smallest absolute Gasteiger partial charge is 0.148 e. The van der Waals surface area contributed by atoms with Crippen molar-refractivity contribution in [3.8, 4) is 6.07 Å². The van der Waals surface area contributed by atoms with Crippen molar-refractivity contribution in [2.45, 2.75) is 25.3 Å². The Morgan fingerprint density at radius 3 is 3.14 bits per heavy atom. The van der Waals surface area contributed by atoms with Crippen LogP contribution in [-0.4, -0.2) is 16.2 Å². The monoisotopic (exact) mass is 188 g/mol. The van der Waals surface area contributed by atoms with E-state index >= 15 is 0 Å². The first kappa shape index (κ1) is 8.95. The average molecular weight is 188 g/mol. The minimum atomic E-state index is 0.122. The van der Waals surface area contributed by atoms with Gasteiger partial charge in [0.15, 0.2) is 0 Å². The summed E-state index contributed by atoms with van der Waals surface area (Å²) < 4.78 is 0. The number of nitrogens with one attached hydrogen (secondary N) is 1. The molecule has 0 saturated heterocycles. The van der Waals surface area contributed by atoms with Crippen LogP contribution in [0.15, 0.2) is 18.3 Å². The van der Waals surface area contributed by atoms with Crippen LogP contribution in [0.3, 0.4) is 0 Å². The molecule has 1 aromatic heterocycles. The SMILES string of the molecule is N#CC1CCCC1Nc1cccnn1. The number of hydrogen-bond donors (Lipinski definition) is 1. The van der Waals surface area contributed by atoms with E-state index in [0.29, 0.717) is 0 Å². The van der Waals surface area contributed by atoms with Gasteiger partial charge in [-0.2, -0.15) is 10.4 Å². The minimum absolute atomic E-state index is 0.122. The Labute approximate surface area is 83.0 Å². The van der Waals surface area contributed by atoms with Gasteiger partial charge in [0.25, 0.3) is 0 Å². The summed E-state index contributed by atoms with van der Waals surface area (Å²) in [6.45, 7) is 0. The maximum Gasteiger partial charge on any atom is 0.148 e. The van der Waals surface area contributed by atoms with Crippen LogP contribution in [-0.2, 0) is 0 Å². The standard InChI is InChI=1S/C10H12N4/c11-7-8-3-1-4-9(8)13-10-5-2-6-12-14-10/h2,5-6,8-9H,1,3-4H2,(H,13,14). The molecular formula is C10H12N4. The summed E-state index contributed by atoms with van der Waals surface area (Å²) in [5.74, 6) is 0.886. The van der Waals surface area contributed by atoms with Crippen molar-refractivity contribution in [2.24, 2.45) is 5.92 Å². The lowest BCUT2D eigenvalue weighted by Gasteiger charge is -2.15. The van der Waals surface area contributed by atoms with Crippen LogP contribution in [0.4, 0.5) is 5.82 Å². The van der Waals surface area contributed by atoms with E-state index in [-0.39, 0.29) is 12.0 Å². The topological polar surface area (TPSA) is 61.6 Å². The van der Waals surface area contributed by atoms with Crippen molar-refractivity contribution in [1.29, 1.82) is 5.26 Å². The second kappa shape index (κ2) is 4.05. The third kappa shape index (κ3) is 1.82. The zero-order chi connectivity index (χ0) is 9.80. The average Bonchev–Trinajstić information content (AvgIpc) is 2.67. The minimum Gasteiger partial charge on any atom is -0.365 e. The second-order valence-corrected chi connectivity index (χ2v) is 3.53. The van der Waals surface area contributed by atoms with E-state index in [9.17, 15) is 0 Å². The van der Waals surface area contributed by atoms with Gasteiger partial charge in [-0.25, -0.2) is 0 Å². The summed E-state index contributed by atoms with van der Waals surface area (Å²) in [4.78, 5) is 0. The van der Waals surface area contributed by atoms with Gasteiger partial charge in [-0.3, -0.25) is 0 Å². The van der Waals surface area contributed by atoms with Crippen molar-refractivity contribution in [1.82, 2.24) is 10.2 Å². The van der Waals surface area contributed by atoms with E-state index in [0.717, 1.165) is 25.1 Å². The zero-order valence-electron chi connectivity index (χ0n) is 7.85. The molecule has 72 valence electrons. The van der Waals surface area contributed by atoms with Crippen LogP contribution in [0.2, 0.25) is 0 Å². The Bertz CT molecular complexity index is 330. The molecule has 0 spiro atoms. The highest BCUT2D eigenvalue weighted by Crippen LogP contribution is 2.27. The fourth-order valence-electron chi connectivity index (χ4n) is 1.86. The lowest BCUT2D eigenvalue weighted by atomic mass is 10.1. The molecule has 1 fully saturated rings. The first-order valence-corrected chi connectivity index (χ1v) is 4.84. The first-order valence-electron chi connectivity index (χ1n) is 4.84. The third-order valence-electron chi connectivity index (χ3n) is 2.59. The van der Waals surface area contributed by atoms with E-state index in [1.165, 1.54) is 0 Å². The van der Waals surface area contributed by atoms with Gasteiger partial charge in [0.1, 0.15) is 5.82 Å². The van der Waals surface area contributed by atoms with E-state index in [4.69, 9.17) is 5.26 Å². The van der Waals surface area contributed by atoms with Gasteiger partial charge in [0.2, 0.25) is 0 Å². The summed E-state index contributed by atoms with van der Waals surface area (Å²) in [6.07, 6.45) is 4.81. The second-order valence-electron chi connectivity index (χ2n) is 3.53. The van der Waals surface area contributed by atoms with Crippen LogP contribution in [0.25, 0.3) is 0 Å². The fourth-order valence-corrected chi connectivity index (χ4v) is 1.86. The van der Waals surface area contributed by atoms with Gasteiger partial charge < -0.3 is 5.32 Å². The van der Waals surface area contributed by atoms with E-state index in [1.54, 1.807) is 6.20 Å². The number of aromatic nitrogens is 2. The molecular weight excluding hydrogens is 176 g/mol. The predicted molar refractivity (Wildman–Crippen MR) is 52.4 cm³/mol. The molecule has 1 saturated carbocycles. The van der Waals surface area contributed by atoms with Crippen LogP contribution in [0.5, 0.6) is 0 Å². The number of anilines is 1. The Morgan fingerprint density at radius 1 is 1.50 bits per heavy atom. The van der Waals surface area contributed by atoms with Crippen molar-refractivity contribution >= 4 is 5.82 Å². The molecule has 1 aliphatic rings. The maximum absolute atomic E-state index is 8.89. The lowest BCUT2D eigenvalue weighted by Crippen LogP contribution is -2.23. The van der Waals surface area contributed by atoms with Gasteiger partial charge in [0.05, 0.1) is 12.0 Å². The Hall–Kier alpha value is -1.63. The molecule has 2 rings (SSSR count). The van der Waals surface area contributed by atoms with E-state index < -0.39 is 0 Å². The van der Waals surface area contributed by atoms with Crippen LogP contribution >= 0.6 is 0 Å². The molecule has 1 N–H and O–H groups in total. The van der Waals surface area contributed by atoms with Gasteiger partial charge in [-0.15, -0.1) is 5.10 Å². The van der Waals surface area contributed by atoms with Crippen molar-refractivity contribution < 1.29 is 0 Å². The molecule has 2 atom stereocenters. The highest BCUT2D eigenvalue weighted by molar-refractivity contribution is 5.34. The largest absolute Gasteiger partial charge is 0.365 e. The van der Waals surface area contributed by atoms with Crippen LogP contribution in [0, 0.1) is 17.2 Å². The van der Waals surface area contributed by atoms with E-state index in [1.807, 2.05) is 12.1 Å². The number of hydrogen-bond acceptors (Lipinski definition) is 4. The van der Waals surface area contributed by atoms with Crippen LogP contribution in [0.1, 0.15) is 19.3 Å². The molecule has 4 heteroatoms. The molecule has 0 aliphatic heterocycles. The maximum atomic E-state index is 8.89. The highest BCUT2D eigenvalue weighted by Gasteiger charge is 2.26. The molecule has 0 bridgehead atoms. The molecule has 4 nitrogen and oxygen atoms in total. The predicted octanol–water partition coefficient (Wildman–Crippen LogP) is 1.58. The molecule has 0 amide bonds. The van der Waals surface area contributed by atoms with Gasteiger partial charge in [-0.1, -0.05) is 0 Å². The lowest BCUT2D eigenvalue weighted by molar-refractivity contribution is 0.626. The molecule has 1 aliphatic carbocycles. The highest BCUT2D eigenvalue weighted by atomic mass is 15.2. The first-order chi connectivity index (χ1) is 6.90. The zero-order valence-corrected chi connectivity index (χ0v) is 7.85. The summed E-state index contributed by atoms with van der Waals surface area (Å²) >= 11 is 0. The quantitative estimate of drug-likeness (QED) is 0.765. The summed E-state index contributed by atoms with van der Waals surface area (Å²) in [6, 6.07) is 6.28. The number of nitrogens with zero attached hydrogens (tertiary/aromatic N) is 3. The molecule has 14 heavy (non-hydrogen) atoms. The fraction of sp³-hybridized carbons (Fsp3) is 0.500. The van der Waals surface area contributed by atoms with E-state index in [2.05, 4.69) is 21.6 Å². The van der Waals surface area contributed by atoms with Crippen molar-refractivity contribution in [2.75, 3.05) is 5.32 Å². The Kier molecular flexibility index (Phi) is 2.59. The molecule has 1 heterocycles. The summed E-state index contributed by atoms with van der Waals surface area (Å²) in [5, 5.41) is 19.9. The third-order valence-corrected chi connectivity index (χ3v) is 2.59. The Morgan fingerprint density at radius 2 is 2.43 bits per heavy atom. The summed E-state index contributed by atoms with van der Waals surface area (Å²) in [7, 11) is 0. The molecule has 2 unspecified atom stereocenters. The molecule has 0 aromatic carbocycles. The van der Waals surface area contributed by atoms with Gasteiger partial charge in [0, 0.05) is 12.2 Å². The summed E-state index contributed by atoms with van der Waals surface area (Å²) in [5.41, 5.74) is 0.